The summed E-state index contributed by atoms with van der Waals surface area (Å²) in [6, 6.07) is 17.1. The first-order valence-corrected chi connectivity index (χ1v) is 16.3. The van der Waals surface area contributed by atoms with E-state index in [-0.39, 0.29) is 36.9 Å². The summed E-state index contributed by atoms with van der Waals surface area (Å²) in [6.45, 7) is 9.80. The van der Waals surface area contributed by atoms with Crippen molar-refractivity contribution in [1.82, 2.24) is 20.9 Å². The predicted octanol–water partition coefficient (Wildman–Crippen LogP) is 4.74. The third-order valence-electron chi connectivity index (χ3n) is 7.14. The topological polar surface area (TPSA) is 152 Å². The molecule has 0 fully saturated rings. The second-order valence-corrected chi connectivity index (χ2v) is 12.2. The Hall–Kier alpha value is -4.12. The van der Waals surface area contributed by atoms with E-state index in [1.807, 2.05) is 88.4 Å². The van der Waals surface area contributed by atoms with E-state index in [0.29, 0.717) is 51.9 Å². The first-order chi connectivity index (χ1) is 22.1. The maximum Gasteiger partial charge on any atom is 0.408 e. The zero-order valence-corrected chi connectivity index (χ0v) is 27.8. The van der Waals surface area contributed by atoms with Crippen LogP contribution >= 0.6 is 0 Å². The summed E-state index contributed by atoms with van der Waals surface area (Å²) >= 11 is 0. The lowest BCUT2D eigenvalue weighted by Crippen LogP contribution is -2.50. The Morgan fingerprint density at radius 1 is 0.696 bits per heavy atom. The minimum atomic E-state index is -0.757. The predicted molar refractivity (Wildman–Crippen MR) is 179 cm³/mol. The van der Waals surface area contributed by atoms with E-state index in [1.165, 1.54) is 0 Å². The highest BCUT2D eigenvalue weighted by molar-refractivity contribution is 5.86. The molecule has 2 atom stereocenters. The van der Waals surface area contributed by atoms with Crippen molar-refractivity contribution in [2.75, 3.05) is 26.2 Å². The molecule has 11 heteroatoms. The molecule has 0 radical (unpaired) electrons. The second-order valence-electron chi connectivity index (χ2n) is 12.2. The summed E-state index contributed by atoms with van der Waals surface area (Å²) in [5, 5.41) is 8.36. The molecule has 46 heavy (non-hydrogen) atoms. The van der Waals surface area contributed by atoms with Gasteiger partial charge in [0.2, 0.25) is 11.8 Å². The number of alkyl carbamates (subject to hydrolysis) is 2. The highest BCUT2D eigenvalue weighted by atomic mass is 16.6. The number of hydrogen-bond acceptors (Lipinski definition) is 7. The number of benzene rings is 2. The van der Waals surface area contributed by atoms with Crippen LogP contribution in [0.15, 0.2) is 60.7 Å². The molecule has 0 aliphatic heterocycles. The van der Waals surface area contributed by atoms with E-state index >= 15 is 0 Å². The molecular formula is C35H53N5O6. The molecule has 0 saturated carbocycles. The summed E-state index contributed by atoms with van der Waals surface area (Å²) in [7, 11) is 0. The minimum absolute atomic E-state index is 0.104. The molecule has 0 bridgehead atoms. The lowest BCUT2D eigenvalue weighted by molar-refractivity contribution is -0.134. The standard InChI is InChI=1S/C35H53N5O6/c1-26(2)22-30(38-34(43)45-24-28-14-7-5-8-15-28)32(41)37-19-13-21-40(20-12-11-18-36)33(42)31(23-27(3)4)39-35(44)46-25-29-16-9-6-10-17-29/h5-10,14-17,26-27,30-31H,11-13,18-25,36H2,1-4H3,(H,37,41)(H,38,43)(H,39,44)/t30-,31-/m0/s1. The van der Waals surface area contributed by atoms with Gasteiger partial charge >= 0.3 is 12.2 Å². The Morgan fingerprint density at radius 3 is 1.67 bits per heavy atom. The van der Waals surface area contributed by atoms with Crippen LogP contribution in [0.1, 0.15) is 70.9 Å². The molecule has 0 spiro atoms. The summed E-state index contributed by atoms with van der Waals surface area (Å²) in [4.78, 5) is 53.6. The maximum absolute atomic E-state index is 13.7. The van der Waals surface area contributed by atoms with Crippen LogP contribution in [-0.2, 0) is 32.3 Å². The Kier molecular flexibility index (Phi) is 17.9. The molecule has 5 N–H and O–H groups in total. The largest absolute Gasteiger partial charge is 0.445 e. The SMILES string of the molecule is CC(C)C[C@H](NC(=O)OCc1ccccc1)C(=O)NCCCN(CCCCN)C(=O)[C@H](CC(C)C)NC(=O)OCc1ccccc1. The molecule has 0 aromatic heterocycles. The highest BCUT2D eigenvalue weighted by Gasteiger charge is 2.27. The third kappa shape index (κ3) is 15.7. The number of unbranched alkanes of at least 4 members (excludes halogenated alkanes) is 1. The average molecular weight is 640 g/mol. The summed E-state index contributed by atoms with van der Waals surface area (Å²) in [6.07, 6.45) is 1.54. The molecule has 0 unspecified atom stereocenters. The fourth-order valence-electron chi connectivity index (χ4n) is 4.81. The van der Waals surface area contributed by atoms with Gasteiger partial charge < -0.3 is 36.1 Å². The number of amides is 4. The van der Waals surface area contributed by atoms with E-state index in [1.54, 1.807) is 4.90 Å². The number of ether oxygens (including phenoxy) is 2. The molecule has 2 aromatic rings. The van der Waals surface area contributed by atoms with Crippen LogP contribution in [0.3, 0.4) is 0 Å². The zero-order valence-electron chi connectivity index (χ0n) is 27.8. The first kappa shape index (κ1) is 38.1. The molecule has 0 heterocycles. The van der Waals surface area contributed by atoms with Gasteiger partial charge in [-0.2, -0.15) is 0 Å². The quantitative estimate of drug-likeness (QED) is 0.153. The molecule has 0 aliphatic carbocycles. The van der Waals surface area contributed by atoms with Gasteiger partial charge in [0.15, 0.2) is 0 Å². The van der Waals surface area contributed by atoms with Gasteiger partial charge in [0.05, 0.1) is 0 Å². The number of rotatable bonds is 20. The van der Waals surface area contributed by atoms with Gasteiger partial charge in [0.25, 0.3) is 0 Å². The Bertz CT molecular complexity index is 1180. The molecule has 0 aliphatic rings. The molecule has 4 amide bonds. The Labute approximate surface area is 274 Å². The summed E-state index contributed by atoms with van der Waals surface area (Å²) in [5.41, 5.74) is 7.40. The lowest BCUT2D eigenvalue weighted by atomic mass is 10.0. The van der Waals surface area contributed by atoms with Crippen LogP contribution in [0, 0.1) is 11.8 Å². The van der Waals surface area contributed by atoms with Crippen molar-refractivity contribution in [3.05, 3.63) is 71.8 Å². The van der Waals surface area contributed by atoms with Gasteiger partial charge in [0.1, 0.15) is 25.3 Å². The zero-order chi connectivity index (χ0) is 33.7. The van der Waals surface area contributed by atoms with Crippen LogP contribution < -0.4 is 21.7 Å². The van der Waals surface area contributed by atoms with E-state index in [4.69, 9.17) is 15.2 Å². The highest BCUT2D eigenvalue weighted by Crippen LogP contribution is 2.12. The fourth-order valence-corrected chi connectivity index (χ4v) is 4.81. The van der Waals surface area contributed by atoms with Crippen molar-refractivity contribution in [2.24, 2.45) is 17.6 Å². The molecule has 11 nitrogen and oxygen atoms in total. The molecule has 2 rings (SSSR count). The molecule has 2 aromatic carbocycles. The van der Waals surface area contributed by atoms with Crippen LogP contribution in [-0.4, -0.2) is 67.2 Å². The van der Waals surface area contributed by atoms with Crippen LogP contribution in [0.5, 0.6) is 0 Å². The third-order valence-corrected chi connectivity index (χ3v) is 7.14. The van der Waals surface area contributed by atoms with Crippen LogP contribution in [0.2, 0.25) is 0 Å². The van der Waals surface area contributed by atoms with Crippen molar-refractivity contribution in [1.29, 1.82) is 0 Å². The number of nitrogens with zero attached hydrogens (tertiary/aromatic N) is 1. The second kappa shape index (κ2) is 21.6. The van der Waals surface area contributed by atoms with Gasteiger partial charge in [-0.3, -0.25) is 9.59 Å². The first-order valence-electron chi connectivity index (χ1n) is 16.3. The van der Waals surface area contributed by atoms with Gasteiger partial charge in [-0.25, -0.2) is 9.59 Å². The summed E-state index contributed by atoms with van der Waals surface area (Å²) in [5.74, 6) is -0.204. The lowest BCUT2D eigenvalue weighted by Gasteiger charge is -2.29. The number of nitrogens with one attached hydrogen (secondary N) is 3. The van der Waals surface area contributed by atoms with Crippen LogP contribution in [0.4, 0.5) is 9.59 Å². The van der Waals surface area contributed by atoms with Crippen molar-refractivity contribution in [3.63, 3.8) is 0 Å². The van der Waals surface area contributed by atoms with Gasteiger partial charge in [-0.05, 0) is 61.6 Å². The molecule has 254 valence electrons. The van der Waals surface area contributed by atoms with E-state index in [2.05, 4.69) is 16.0 Å². The number of hydrogen-bond donors (Lipinski definition) is 4. The molecular weight excluding hydrogens is 586 g/mol. The van der Waals surface area contributed by atoms with Gasteiger partial charge in [0, 0.05) is 19.6 Å². The maximum atomic E-state index is 13.7. The van der Waals surface area contributed by atoms with Gasteiger partial charge in [-0.1, -0.05) is 88.4 Å². The smallest absolute Gasteiger partial charge is 0.408 e. The normalized spacial score (nSPS) is 12.2. The Morgan fingerprint density at radius 2 is 1.17 bits per heavy atom. The van der Waals surface area contributed by atoms with E-state index < -0.39 is 24.3 Å². The summed E-state index contributed by atoms with van der Waals surface area (Å²) < 4.78 is 10.7. The van der Waals surface area contributed by atoms with Crippen molar-refractivity contribution < 1.29 is 28.7 Å². The minimum Gasteiger partial charge on any atom is -0.445 e. The number of carbonyl (C=O) groups is 4. The monoisotopic (exact) mass is 639 g/mol. The number of nitrogens with two attached hydrogens (primary N) is 1. The van der Waals surface area contributed by atoms with Crippen molar-refractivity contribution in [3.8, 4) is 0 Å². The fraction of sp³-hybridized carbons (Fsp3) is 0.543. The Balaban J connectivity index is 1.94. The van der Waals surface area contributed by atoms with E-state index in [0.717, 1.165) is 17.5 Å². The van der Waals surface area contributed by atoms with E-state index in [9.17, 15) is 19.2 Å². The average Bonchev–Trinajstić information content (AvgIpc) is 3.03. The number of carbonyl (C=O) groups excluding carboxylic acids is 4. The van der Waals surface area contributed by atoms with Gasteiger partial charge in [-0.15, -0.1) is 0 Å². The van der Waals surface area contributed by atoms with Crippen molar-refractivity contribution in [2.45, 2.75) is 85.1 Å². The van der Waals surface area contributed by atoms with Crippen molar-refractivity contribution >= 4 is 24.0 Å². The molecule has 0 saturated heterocycles. The van der Waals surface area contributed by atoms with Crippen LogP contribution in [0.25, 0.3) is 0 Å².